The Balaban J connectivity index is 1.85. The molecule has 0 aliphatic rings. The predicted octanol–water partition coefficient (Wildman–Crippen LogP) is 1.84. The van der Waals surface area contributed by atoms with E-state index in [0.29, 0.717) is 5.76 Å². The molecule has 0 aromatic carbocycles. The first kappa shape index (κ1) is 15.4. The second-order valence-corrected chi connectivity index (χ2v) is 4.95. The van der Waals surface area contributed by atoms with Crippen LogP contribution in [0.25, 0.3) is 0 Å². The molecule has 2 aromatic heterocycles. The molecule has 0 bridgehead atoms. The Kier molecular flexibility index (Phi) is 4.56. The fourth-order valence-corrected chi connectivity index (χ4v) is 2.21. The van der Waals surface area contributed by atoms with Crippen LogP contribution in [0, 0.1) is 0 Å². The monoisotopic (exact) mass is 320 g/mol. The van der Waals surface area contributed by atoms with Crippen LogP contribution in [0.5, 0.6) is 0 Å². The number of alkyl halides is 3. The van der Waals surface area contributed by atoms with Crippen molar-refractivity contribution in [2.75, 3.05) is 5.75 Å². The highest BCUT2D eigenvalue weighted by Crippen LogP contribution is 2.29. The lowest BCUT2D eigenvalue weighted by molar-refractivity contribution is -0.147. The Morgan fingerprint density at radius 2 is 2.24 bits per heavy atom. The summed E-state index contributed by atoms with van der Waals surface area (Å²) in [4.78, 5) is 11.6. The minimum absolute atomic E-state index is 0.0236. The van der Waals surface area contributed by atoms with E-state index < -0.39 is 12.0 Å². The number of halogens is 3. The Labute approximate surface area is 121 Å². The van der Waals surface area contributed by atoms with Gasteiger partial charge in [-0.1, -0.05) is 11.8 Å². The molecule has 2 rings (SSSR count). The van der Waals surface area contributed by atoms with Crippen LogP contribution in [-0.2, 0) is 24.6 Å². The van der Waals surface area contributed by atoms with E-state index in [1.165, 1.54) is 13.3 Å². The van der Waals surface area contributed by atoms with Gasteiger partial charge in [-0.3, -0.25) is 4.79 Å². The molecule has 2 aromatic rings. The molecular weight excluding hydrogens is 309 g/mol. The summed E-state index contributed by atoms with van der Waals surface area (Å²) in [5.74, 6) is -0.912. The van der Waals surface area contributed by atoms with Gasteiger partial charge in [-0.2, -0.15) is 13.2 Å². The first-order chi connectivity index (χ1) is 9.88. The Morgan fingerprint density at radius 3 is 2.81 bits per heavy atom. The fraction of sp³-hybridized carbons (Fsp3) is 0.364. The molecule has 0 radical (unpaired) electrons. The quantitative estimate of drug-likeness (QED) is 0.851. The molecule has 0 spiro atoms. The molecule has 0 aliphatic carbocycles. The third-order valence-corrected chi connectivity index (χ3v) is 3.48. The average molecular weight is 320 g/mol. The van der Waals surface area contributed by atoms with Crippen molar-refractivity contribution >= 4 is 17.7 Å². The molecule has 0 aliphatic heterocycles. The van der Waals surface area contributed by atoms with Gasteiger partial charge in [0.05, 0.1) is 18.6 Å². The van der Waals surface area contributed by atoms with Gasteiger partial charge in [0.2, 0.25) is 11.7 Å². The number of amides is 1. The predicted molar refractivity (Wildman–Crippen MR) is 67.3 cm³/mol. The zero-order chi connectivity index (χ0) is 15.5. The summed E-state index contributed by atoms with van der Waals surface area (Å²) in [6.07, 6.45) is -3.09. The zero-order valence-electron chi connectivity index (χ0n) is 10.8. The van der Waals surface area contributed by atoms with Gasteiger partial charge >= 0.3 is 6.18 Å². The lowest BCUT2D eigenvalue weighted by atomic mass is 10.4. The van der Waals surface area contributed by atoms with Crippen molar-refractivity contribution in [3.8, 4) is 0 Å². The summed E-state index contributed by atoms with van der Waals surface area (Å²) in [5, 5.41) is 9.10. The Hall–Kier alpha value is -1.97. The highest BCUT2D eigenvalue weighted by atomic mass is 32.2. The summed E-state index contributed by atoms with van der Waals surface area (Å²) < 4.78 is 43.4. The number of furan rings is 1. The van der Waals surface area contributed by atoms with Gasteiger partial charge in [-0.15, -0.1) is 10.2 Å². The lowest BCUT2D eigenvalue weighted by Crippen LogP contribution is -2.24. The van der Waals surface area contributed by atoms with Crippen molar-refractivity contribution in [3.63, 3.8) is 0 Å². The summed E-state index contributed by atoms with van der Waals surface area (Å²) in [5.41, 5.74) is 0. The van der Waals surface area contributed by atoms with Gasteiger partial charge in [0.25, 0.3) is 0 Å². The third-order valence-electron chi connectivity index (χ3n) is 2.46. The van der Waals surface area contributed by atoms with E-state index in [1.54, 1.807) is 12.1 Å². The molecule has 21 heavy (non-hydrogen) atoms. The Bertz CT molecular complexity index is 610. The smallest absolute Gasteiger partial charge is 0.451 e. The average Bonchev–Trinajstić information content (AvgIpc) is 3.02. The van der Waals surface area contributed by atoms with Crippen LogP contribution in [-0.4, -0.2) is 26.4 Å². The van der Waals surface area contributed by atoms with Gasteiger partial charge in [-0.25, -0.2) is 0 Å². The minimum atomic E-state index is -4.57. The molecule has 1 N–H and O–H groups in total. The molecule has 0 saturated heterocycles. The van der Waals surface area contributed by atoms with Gasteiger partial charge in [0.1, 0.15) is 5.76 Å². The zero-order valence-corrected chi connectivity index (χ0v) is 11.7. The molecular formula is C11H11F3N4O2S. The highest BCUT2D eigenvalue weighted by Gasteiger charge is 2.37. The van der Waals surface area contributed by atoms with Gasteiger partial charge < -0.3 is 14.3 Å². The van der Waals surface area contributed by atoms with Crippen LogP contribution < -0.4 is 5.32 Å². The summed E-state index contributed by atoms with van der Waals surface area (Å²) in [7, 11) is 1.20. The number of nitrogens with one attached hydrogen (secondary N) is 1. The normalized spacial score (nSPS) is 11.6. The maximum Gasteiger partial charge on any atom is 0.451 e. The van der Waals surface area contributed by atoms with E-state index in [-0.39, 0.29) is 23.4 Å². The molecule has 0 fully saturated rings. The van der Waals surface area contributed by atoms with Crippen molar-refractivity contribution in [3.05, 3.63) is 30.0 Å². The largest absolute Gasteiger partial charge is 0.467 e. The first-order valence-corrected chi connectivity index (χ1v) is 6.75. The van der Waals surface area contributed by atoms with E-state index in [9.17, 15) is 18.0 Å². The van der Waals surface area contributed by atoms with Crippen LogP contribution >= 0.6 is 11.8 Å². The Morgan fingerprint density at radius 1 is 1.48 bits per heavy atom. The highest BCUT2D eigenvalue weighted by molar-refractivity contribution is 7.99. The third kappa shape index (κ3) is 4.00. The number of hydrogen-bond donors (Lipinski definition) is 1. The lowest BCUT2D eigenvalue weighted by Gasteiger charge is -2.06. The summed E-state index contributed by atoms with van der Waals surface area (Å²) in [6, 6.07) is 3.39. The molecule has 2 heterocycles. The van der Waals surface area contributed by atoms with Crippen molar-refractivity contribution in [1.82, 2.24) is 20.1 Å². The van der Waals surface area contributed by atoms with Gasteiger partial charge in [-0.05, 0) is 12.1 Å². The maximum absolute atomic E-state index is 12.5. The van der Waals surface area contributed by atoms with E-state index in [0.717, 1.165) is 16.3 Å². The number of thioether (sulfide) groups is 1. The number of aromatic nitrogens is 3. The number of carbonyl (C=O) groups is 1. The number of nitrogens with zero attached hydrogens (tertiary/aromatic N) is 3. The van der Waals surface area contributed by atoms with Gasteiger partial charge in [0, 0.05) is 7.05 Å². The van der Waals surface area contributed by atoms with E-state index >= 15 is 0 Å². The van der Waals surface area contributed by atoms with E-state index in [2.05, 4.69) is 15.5 Å². The topological polar surface area (TPSA) is 73.0 Å². The molecule has 1 amide bonds. The first-order valence-electron chi connectivity index (χ1n) is 5.76. The van der Waals surface area contributed by atoms with Crippen LogP contribution in [0.2, 0.25) is 0 Å². The van der Waals surface area contributed by atoms with E-state index in [1.807, 2.05) is 0 Å². The van der Waals surface area contributed by atoms with Gasteiger partial charge in [0.15, 0.2) is 5.16 Å². The fourth-order valence-electron chi connectivity index (χ4n) is 1.47. The van der Waals surface area contributed by atoms with Crippen LogP contribution in [0.15, 0.2) is 28.0 Å². The van der Waals surface area contributed by atoms with Crippen molar-refractivity contribution in [2.45, 2.75) is 17.9 Å². The second kappa shape index (κ2) is 6.20. The van der Waals surface area contributed by atoms with Crippen molar-refractivity contribution in [2.24, 2.45) is 7.05 Å². The SMILES string of the molecule is Cn1c(SCC(=O)NCc2ccco2)nnc1C(F)(F)F. The molecule has 114 valence electrons. The van der Waals surface area contributed by atoms with Crippen LogP contribution in [0.3, 0.4) is 0 Å². The molecule has 0 saturated carbocycles. The second-order valence-electron chi connectivity index (χ2n) is 4.01. The standard InChI is InChI=1S/C11H11F3N4O2S/c1-18-9(11(12,13)14)16-17-10(18)21-6-8(19)15-5-7-3-2-4-20-7/h2-4H,5-6H2,1H3,(H,15,19). The molecule has 10 heteroatoms. The summed E-state index contributed by atoms with van der Waals surface area (Å²) in [6.45, 7) is 0.221. The minimum Gasteiger partial charge on any atom is -0.467 e. The maximum atomic E-state index is 12.5. The molecule has 0 atom stereocenters. The molecule has 6 nitrogen and oxygen atoms in total. The number of hydrogen-bond acceptors (Lipinski definition) is 5. The van der Waals surface area contributed by atoms with E-state index in [4.69, 9.17) is 4.42 Å². The number of rotatable bonds is 5. The van der Waals surface area contributed by atoms with Crippen molar-refractivity contribution in [1.29, 1.82) is 0 Å². The molecule has 0 unspecified atom stereocenters. The van der Waals surface area contributed by atoms with Crippen molar-refractivity contribution < 1.29 is 22.4 Å². The van der Waals surface area contributed by atoms with Crippen LogP contribution in [0.1, 0.15) is 11.6 Å². The van der Waals surface area contributed by atoms with Crippen LogP contribution in [0.4, 0.5) is 13.2 Å². The number of carbonyl (C=O) groups excluding carboxylic acids is 1. The summed E-state index contributed by atoms with van der Waals surface area (Å²) >= 11 is 0.876.